The lowest BCUT2D eigenvalue weighted by molar-refractivity contribution is -0.119. The Kier molecular flexibility index (Phi) is 5.61. The number of hydrogen-bond donors (Lipinski definition) is 2. The van der Waals surface area contributed by atoms with Crippen molar-refractivity contribution in [2.75, 3.05) is 12.0 Å². The zero-order valence-corrected chi connectivity index (χ0v) is 18.0. The molecule has 1 aliphatic heterocycles. The lowest BCUT2D eigenvalue weighted by atomic mass is 10.1. The number of thiazole rings is 1. The molecule has 4 rings (SSSR count). The monoisotopic (exact) mass is 479 g/mol. The Morgan fingerprint density at radius 2 is 2.03 bits per heavy atom. The molecule has 0 bridgehead atoms. The van der Waals surface area contributed by atoms with Crippen molar-refractivity contribution in [3.8, 4) is 11.6 Å². The van der Waals surface area contributed by atoms with Crippen molar-refractivity contribution in [2.45, 2.75) is 0 Å². The molecule has 0 saturated heterocycles. The number of aromatic hydroxyl groups is 1. The summed E-state index contributed by atoms with van der Waals surface area (Å²) < 4.78 is 6.54. The predicted molar refractivity (Wildman–Crippen MR) is 116 cm³/mol. The molecule has 1 aromatic heterocycles. The average Bonchev–Trinajstić information content (AvgIpc) is 3.17. The van der Waals surface area contributed by atoms with Gasteiger partial charge >= 0.3 is 0 Å². The van der Waals surface area contributed by atoms with Crippen LogP contribution in [0.1, 0.15) is 4.88 Å². The van der Waals surface area contributed by atoms with E-state index in [2.05, 4.69) is 10.4 Å². The van der Waals surface area contributed by atoms with E-state index in [0.717, 1.165) is 16.0 Å². The van der Waals surface area contributed by atoms with Crippen LogP contribution >= 0.6 is 46.8 Å². The minimum Gasteiger partial charge on any atom is -0.492 e. The third-order valence-electron chi connectivity index (χ3n) is 4.11. The molecule has 0 unspecified atom stereocenters. The number of halogens is 2. The molecule has 0 radical (unpaired) electrons. The Hall–Kier alpha value is -2.72. The van der Waals surface area contributed by atoms with E-state index in [1.165, 1.54) is 12.1 Å². The summed E-state index contributed by atoms with van der Waals surface area (Å²) in [6.45, 7) is -0.387. The van der Waals surface area contributed by atoms with Gasteiger partial charge in [-0.1, -0.05) is 52.7 Å². The second-order valence-corrected chi connectivity index (χ2v) is 8.55. The number of carbonyl (C=O) groups is 2. The maximum absolute atomic E-state index is 12.4. The average molecular weight is 480 g/mol. The molecule has 152 valence electrons. The van der Waals surface area contributed by atoms with E-state index in [1.54, 1.807) is 30.3 Å². The van der Waals surface area contributed by atoms with Crippen molar-refractivity contribution in [1.29, 1.82) is 0 Å². The number of carbonyl (C=O) groups excluding carboxylic acids is 2. The largest absolute Gasteiger partial charge is 0.492 e. The molecule has 0 fully saturated rings. The van der Waals surface area contributed by atoms with Crippen molar-refractivity contribution in [3.63, 3.8) is 0 Å². The van der Waals surface area contributed by atoms with Gasteiger partial charge in [0.15, 0.2) is 10.6 Å². The van der Waals surface area contributed by atoms with E-state index in [4.69, 9.17) is 40.2 Å². The van der Waals surface area contributed by atoms with E-state index >= 15 is 0 Å². The van der Waals surface area contributed by atoms with Crippen LogP contribution in [0.25, 0.3) is 5.57 Å². The van der Waals surface area contributed by atoms with Crippen molar-refractivity contribution in [1.82, 2.24) is 4.68 Å². The molecular weight excluding hydrogens is 469 g/mol. The number of benzene rings is 2. The summed E-state index contributed by atoms with van der Waals surface area (Å²) in [6.07, 6.45) is 0. The molecule has 2 N–H and O–H groups in total. The van der Waals surface area contributed by atoms with Crippen LogP contribution < -0.4 is 20.7 Å². The van der Waals surface area contributed by atoms with Crippen LogP contribution in [0, 0.1) is 3.95 Å². The predicted octanol–water partition coefficient (Wildman–Crippen LogP) is 2.80. The van der Waals surface area contributed by atoms with Gasteiger partial charge in [-0.3, -0.25) is 15.0 Å². The maximum atomic E-state index is 12.4. The van der Waals surface area contributed by atoms with Crippen molar-refractivity contribution in [2.24, 2.45) is 4.99 Å². The van der Waals surface area contributed by atoms with E-state index in [-0.39, 0.29) is 37.7 Å². The van der Waals surface area contributed by atoms with Crippen molar-refractivity contribution < 1.29 is 19.4 Å². The lowest BCUT2D eigenvalue weighted by Crippen LogP contribution is -2.28. The number of hydrogen-bond acceptors (Lipinski definition) is 6. The maximum Gasteiger partial charge on any atom is 0.279 e. The van der Waals surface area contributed by atoms with E-state index in [0.29, 0.717) is 15.6 Å². The first-order valence-electron chi connectivity index (χ1n) is 8.40. The summed E-state index contributed by atoms with van der Waals surface area (Å²) in [7, 11) is 0. The van der Waals surface area contributed by atoms with Crippen LogP contribution in [0.5, 0.6) is 11.6 Å². The smallest absolute Gasteiger partial charge is 0.279 e. The van der Waals surface area contributed by atoms with Gasteiger partial charge < -0.3 is 9.84 Å². The minimum absolute atomic E-state index is 0.144. The van der Waals surface area contributed by atoms with Crippen LogP contribution in [-0.4, -0.2) is 28.2 Å². The highest BCUT2D eigenvalue weighted by Crippen LogP contribution is 2.32. The molecule has 2 heterocycles. The third kappa shape index (κ3) is 3.84. The van der Waals surface area contributed by atoms with Crippen LogP contribution in [0.2, 0.25) is 10.0 Å². The van der Waals surface area contributed by atoms with Gasteiger partial charge in [0.1, 0.15) is 10.6 Å². The zero-order chi connectivity index (χ0) is 21.4. The SMILES string of the molecule is O=C(COc1ccc(Cl)cc1Cl)Nn1c(O)c(C2=c3ccccc3=NC2=O)sc1=S. The summed E-state index contributed by atoms with van der Waals surface area (Å²) in [5.74, 6) is -1.16. The molecule has 7 nitrogen and oxygen atoms in total. The molecular formula is C19H11Cl2N3O4S2. The van der Waals surface area contributed by atoms with Gasteiger partial charge in [0.25, 0.3) is 11.8 Å². The standard InChI is InChI=1S/C19H11Cl2N3O4S2/c20-9-5-6-13(11(21)7-9)28-8-14(25)23-24-18(27)16(30-19(24)29)15-10-3-1-2-4-12(10)22-17(15)26/h1-7,27H,8H2,(H,23,25). The number of nitrogens with zero attached hydrogens (tertiary/aromatic N) is 2. The van der Waals surface area contributed by atoms with Crippen LogP contribution in [0.4, 0.5) is 0 Å². The topological polar surface area (TPSA) is 92.9 Å². The first-order chi connectivity index (χ1) is 14.3. The van der Waals surface area contributed by atoms with Gasteiger partial charge in [0.2, 0.25) is 5.88 Å². The first kappa shape index (κ1) is 20.5. The molecule has 0 spiro atoms. The van der Waals surface area contributed by atoms with E-state index in [9.17, 15) is 14.7 Å². The summed E-state index contributed by atoms with van der Waals surface area (Å²) >= 11 is 18.1. The second kappa shape index (κ2) is 8.19. The Morgan fingerprint density at radius 1 is 1.27 bits per heavy atom. The first-order valence-corrected chi connectivity index (χ1v) is 10.4. The molecule has 3 aromatic rings. The fourth-order valence-corrected chi connectivity index (χ4v) is 4.53. The minimum atomic E-state index is -0.593. The molecule has 11 heteroatoms. The highest BCUT2D eigenvalue weighted by Gasteiger charge is 2.25. The molecule has 2 amide bonds. The van der Waals surface area contributed by atoms with E-state index in [1.807, 2.05) is 0 Å². The number of rotatable bonds is 5. The van der Waals surface area contributed by atoms with Gasteiger partial charge in [-0.25, -0.2) is 4.99 Å². The number of ether oxygens (including phenoxy) is 1. The zero-order valence-electron chi connectivity index (χ0n) is 14.9. The Labute approximate surface area is 188 Å². The lowest BCUT2D eigenvalue weighted by Gasteiger charge is -2.10. The van der Waals surface area contributed by atoms with Crippen molar-refractivity contribution >= 4 is 64.1 Å². The second-order valence-electron chi connectivity index (χ2n) is 6.06. The van der Waals surface area contributed by atoms with Gasteiger partial charge in [0, 0.05) is 10.2 Å². The Balaban J connectivity index is 1.58. The van der Waals surface area contributed by atoms with Gasteiger partial charge in [-0.15, -0.1) is 0 Å². The molecule has 0 aliphatic carbocycles. The molecule has 1 aliphatic rings. The highest BCUT2D eigenvalue weighted by atomic mass is 35.5. The van der Waals surface area contributed by atoms with Crippen LogP contribution in [0.15, 0.2) is 47.5 Å². The van der Waals surface area contributed by atoms with Gasteiger partial charge in [-0.05, 0) is 36.5 Å². The number of nitrogens with one attached hydrogen (secondary N) is 1. The number of fused-ring (bicyclic) bond motifs is 1. The summed E-state index contributed by atoms with van der Waals surface area (Å²) in [5, 5.41) is 12.4. The molecule has 0 saturated carbocycles. The quantitative estimate of drug-likeness (QED) is 0.548. The third-order valence-corrected chi connectivity index (χ3v) is 6.02. The van der Waals surface area contributed by atoms with E-state index < -0.39 is 11.8 Å². The number of aromatic nitrogens is 1. The molecule has 30 heavy (non-hydrogen) atoms. The van der Waals surface area contributed by atoms with Gasteiger partial charge in [-0.2, -0.15) is 4.68 Å². The van der Waals surface area contributed by atoms with Crippen LogP contribution in [-0.2, 0) is 9.59 Å². The molecule has 0 atom stereocenters. The normalized spacial score (nSPS) is 12.5. The summed E-state index contributed by atoms with van der Waals surface area (Å²) in [5.41, 5.74) is 2.68. The number of para-hydroxylation sites is 1. The molecule has 2 aromatic carbocycles. The Bertz CT molecular complexity index is 1380. The Morgan fingerprint density at radius 3 is 2.80 bits per heavy atom. The summed E-state index contributed by atoms with van der Waals surface area (Å²) in [6, 6.07) is 11.6. The fourth-order valence-electron chi connectivity index (χ4n) is 2.80. The summed E-state index contributed by atoms with van der Waals surface area (Å²) in [4.78, 5) is 28.9. The van der Waals surface area contributed by atoms with Crippen LogP contribution in [0.3, 0.4) is 0 Å². The highest BCUT2D eigenvalue weighted by molar-refractivity contribution is 7.73. The number of amides is 2. The van der Waals surface area contributed by atoms with Gasteiger partial charge in [0.05, 0.1) is 16.0 Å². The fraction of sp³-hybridized carbons (Fsp3) is 0.0526. The van der Waals surface area contributed by atoms with Crippen molar-refractivity contribution in [3.05, 3.63) is 71.9 Å².